The number of nitrogens with zero attached hydrogens (tertiary/aromatic N) is 3. The van der Waals surface area contributed by atoms with E-state index in [4.69, 9.17) is 18.9 Å². The molecule has 3 N–H and O–H groups in total. The molecular weight excluding hydrogens is 736 g/mol. The molecule has 0 saturated carbocycles. The summed E-state index contributed by atoms with van der Waals surface area (Å²) in [7, 11) is 1.58. The Morgan fingerprint density at radius 2 is 1.71 bits per heavy atom. The van der Waals surface area contributed by atoms with Gasteiger partial charge in [-0.3, -0.25) is 29.4 Å². The van der Waals surface area contributed by atoms with E-state index in [1.54, 1.807) is 25.3 Å². The van der Waals surface area contributed by atoms with E-state index < -0.39 is 29.7 Å². The molecule has 2 aliphatic rings. The van der Waals surface area contributed by atoms with E-state index in [9.17, 15) is 19.2 Å². The van der Waals surface area contributed by atoms with Crippen molar-refractivity contribution in [1.29, 1.82) is 0 Å². The molecule has 1 aromatic heterocycles. The lowest BCUT2D eigenvalue weighted by Gasteiger charge is -2.27. The van der Waals surface area contributed by atoms with Crippen LogP contribution < -0.4 is 25.4 Å². The van der Waals surface area contributed by atoms with Crippen LogP contribution in [0.4, 0.5) is 11.5 Å². The largest absolute Gasteiger partial charge is 0.493 e. The first-order valence-electron chi connectivity index (χ1n) is 16.9. The van der Waals surface area contributed by atoms with Crippen LogP contribution in [0.15, 0.2) is 59.1 Å². The van der Waals surface area contributed by atoms with Gasteiger partial charge in [0, 0.05) is 34.6 Å². The van der Waals surface area contributed by atoms with Gasteiger partial charge in [0.25, 0.3) is 11.8 Å². The van der Waals surface area contributed by atoms with Crippen molar-refractivity contribution in [3.8, 4) is 11.5 Å². The van der Waals surface area contributed by atoms with E-state index in [0.29, 0.717) is 61.8 Å². The Labute approximate surface area is 308 Å². The molecule has 15 heteroatoms. The number of hydrogen-bond acceptors (Lipinski definition) is 12. The zero-order chi connectivity index (χ0) is 36.8. The smallest absolute Gasteiger partial charge is 0.264 e. The Kier molecular flexibility index (Phi) is 11.6. The lowest BCUT2D eigenvalue weighted by atomic mass is 10.0. The van der Waals surface area contributed by atoms with Crippen molar-refractivity contribution in [2.75, 3.05) is 57.3 Å². The number of ether oxygens (including phenoxy) is 4. The van der Waals surface area contributed by atoms with Crippen LogP contribution >= 0.6 is 15.9 Å². The molecule has 1 unspecified atom stereocenters. The number of anilines is 2. The van der Waals surface area contributed by atoms with Crippen molar-refractivity contribution in [2.24, 2.45) is 0 Å². The number of carbonyl (C=O) groups excluding carboxylic acids is 4. The summed E-state index contributed by atoms with van der Waals surface area (Å²) >= 11 is 3.54. The fourth-order valence-corrected chi connectivity index (χ4v) is 6.57. The van der Waals surface area contributed by atoms with Crippen LogP contribution in [0, 0.1) is 6.92 Å². The number of hydrogen-bond donors (Lipinski definition) is 3. The van der Waals surface area contributed by atoms with Crippen LogP contribution in [-0.2, 0) is 19.1 Å². The Morgan fingerprint density at radius 3 is 2.48 bits per heavy atom. The summed E-state index contributed by atoms with van der Waals surface area (Å²) in [6.07, 6.45) is 0.158. The monoisotopic (exact) mass is 774 g/mol. The molecule has 2 atom stereocenters. The molecule has 272 valence electrons. The first-order valence-corrected chi connectivity index (χ1v) is 17.7. The van der Waals surface area contributed by atoms with Crippen LogP contribution in [0.25, 0.3) is 10.9 Å². The third-order valence-corrected chi connectivity index (χ3v) is 9.18. The molecule has 0 bridgehead atoms. The minimum absolute atomic E-state index is 0.00331. The van der Waals surface area contributed by atoms with Gasteiger partial charge in [-0.1, -0.05) is 34.1 Å². The first kappa shape index (κ1) is 36.7. The number of imide groups is 2. The highest BCUT2D eigenvalue weighted by Gasteiger charge is 2.45. The van der Waals surface area contributed by atoms with Crippen molar-refractivity contribution in [2.45, 2.75) is 38.8 Å². The van der Waals surface area contributed by atoms with Gasteiger partial charge in [0.05, 0.1) is 56.2 Å². The maximum atomic E-state index is 13.2. The number of rotatable bonds is 16. The topological polar surface area (TPSA) is 170 Å². The number of aryl methyl sites for hydroxylation is 1. The van der Waals surface area contributed by atoms with E-state index in [0.717, 1.165) is 25.8 Å². The van der Waals surface area contributed by atoms with Gasteiger partial charge in [-0.2, -0.15) is 0 Å². The number of methoxy groups -OCH3 is 1. The molecule has 2 aliphatic heterocycles. The first-order chi connectivity index (χ1) is 25.1. The lowest BCUT2D eigenvalue weighted by molar-refractivity contribution is -0.136. The van der Waals surface area contributed by atoms with E-state index in [1.807, 2.05) is 31.2 Å². The fraction of sp³-hybridized carbons (Fsp3) is 0.351. The maximum absolute atomic E-state index is 13.2. The number of amides is 4. The highest BCUT2D eigenvalue weighted by Crippen LogP contribution is 2.36. The van der Waals surface area contributed by atoms with Gasteiger partial charge in [-0.25, -0.2) is 9.97 Å². The van der Waals surface area contributed by atoms with Gasteiger partial charge >= 0.3 is 0 Å². The molecule has 0 spiro atoms. The molecular formula is C37H39BrN6O8. The molecule has 4 aromatic rings. The normalized spacial score (nSPS) is 16.2. The molecule has 0 aliphatic carbocycles. The van der Waals surface area contributed by atoms with Crippen molar-refractivity contribution < 1.29 is 38.1 Å². The Morgan fingerprint density at radius 1 is 0.942 bits per heavy atom. The fourth-order valence-electron chi connectivity index (χ4n) is 6.15. The summed E-state index contributed by atoms with van der Waals surface area (Å²) in [5.74, 6) is 0.227. The van der Waals surface area contributed by atoms with E-state index in [1.165, 1.54) is 0 Å². The number of aromatic nitrogens is 2. The molecule has 3 heterocycles. The van der Waals surface area contributed by atoms with Crippen molar-refractivity contribution in [3.05, 3.63) is 81.6 Å². The third-order valence-electron chi connectivity index (χ3n) is 8.68. The lowest BCUT2D eigenvalue weighted by Crippen LogP contribution is -2.54. The van der Waals surface area contributed by atoms with Crippen LogP contribution in [0.5, 0.6) is 11.5 Å². The summed E-state index contributed by atoms with van der Waals surface area (Å²) in [6, 6.07) is 15.7. The second-order valence-corrected chi connectivity index (χ2v) is 13.2. The second kappa shape index (κ2) is 16.5. The predicted molar refractivity (Wildman–Crippen MR) is 196 cm³/mol. The minimum atomic E-state index is -1.02. The van der Waals surface area contributed by atoms with Gasteiger partial charge in [0.2, 0.25) is 11.8 Å². The number of carbonyl (C=O) groups is 4. The number of fused-ring (bicyclic) bond motifs is 2. The van der Waals surface area contributed by atoms with Crippen molar-refractivity contribution >= 4 is 62.0 Å². The third kappa shape index (κ3) is 8.16. The van der Waals surface area contributed by atoms with E-state index in [2.05, 4.69) is 60.9 Å². The number of benzene rings is 3. The predicted octanol–water partition coefficient (Wildman–Crippen LogP) is 4.81. The van der Waals surface area contributed by atoms with Crippen molar-refractivity contribution in [3.63, 3.8) is 0 Å². The van der Waals surface area contributed by atoms with Gasteiger partial charge in [0.15, 0.2) is 11.5 Å². The number of piperidine rings is 1. The molecule has 6 rings (SSSR count). The summed E-state index contributed by atoms with van der Waals surface area (Å²) in [6.45, 7) is 5.87. The van der Waals surface area contributed by atoms with Crippen molar-refractivity contribution in [1.82, 2.24) is 20.2 Å². The summed E-state index contributed by atoms with van der Waals surface area (Å²) in [4.78, 5) is 60.4. The van der Waals surface area contributed by atoms with Gasteiger partial charge in [-0.15, -0.1) is 0 Å². The Balaban J connectivity index is 0.939. The van der Waals surface area contributed by atoms with Crippen LogP contribution in [-0.4, -0.2) is 91.2 Å². The van der Waals surface area contributed by atoms with Gasteiger partial charge in [0.1, 0.15) is 24.3 Å². The van der Waals surface area contributed by atoms with Crippen LogP contribution in [0.1, 0.15) is 57.9 Å². The highest BCUT2D eigenvalue weighted by molar-refractivity contribution is 9.10. The van der Waals surface area contributed by atoms with E-state index in [-0.39, 0.29) is 36.6 Å². The zero-order valence-electron chi connectivity index (χ0n) is 29.0. The highest BCUT2D eigenvalue weighted by atomic mass is 79.9. The minimum Gasteiger partial charge on any atom is -0.493 e. The average Bonchev–Trinajstić information content (AvgIpc) is 3.37. The van der Waals surface area contributed by atoms with Gasteiger partial charge < -0.3 is 29.6 Å². The summed E-state index contributed by atoms with van der Waals surface area (Å²) in [5, 5.41) is 9.67. The summed E-state index contributed by atoms with van der Waals surface area (Å²) < 4.78 is 24.0. The Bertz CT molecular complexity index is 2010. The zero-order valence-corrected chi connectivity index (χ0v) is 30.6. The molecule has 14 nitrogen and oxygen atoms in total. The molecule has 0 radical (unpaired) electrons. The average molecular weight is 776 g/mol. The van der Waals surface area contributed by atoms with E-state index >= 15 is 0 Å². The molecule has 1 fully saturated rings. The van der Waals surface area contributed by atoms with Crippen LogP contribution in [0.3, 0.4) is 0 Å². The van der Waals surface area contributed by atoms with Gasteiger partial charge in [-0.05, 0) is 56.2 Å². The molecule has 4 amide bonds. The molecule has 1 saturated heterocycles. The SMILES string of the molecule is COc1cc2c(N[C@H](C)c3cccc(Br)c3)nc(C)nc2cc1OCCOCCOCCNc1cccc2c1C(=O)N(C1CCC(=O)NC1=O)C2=O. The van der Waals surface area contributed by atoms with Crippen LogP contribution in [0.2, 0.25) is 0 Å². The number of nitrogens with one attached hydrogen (secondary N) is 3. The standard InChI is InChI=1S/C37H39BrN6O8/c1-21(23-6-4-7-24(38)18-23)40-34-26-19-30(49-3)31(20-28(26)41-22(2)42-34)52-17-16-51-15-14-50-13-12-39-27-9-5-8-25-33(27)37(48)44(36(25)47)29-10-11-32(45)43-35(29)46/h4-9,18-21,29,39H,10-17H2,1-3H3,(H,40,41,42)(H,43,45,46)/t21-,29?/m1/s1. The number of halogens is 1. The second-order valence-electron chi connectivity index (χ2n) is 12.2. The quantitative estimate of drug-likeness (QED) is 0.105. The molecule has 52 heavy (non-hydrogen) atoms. The Hall–Kier alpha value is -5.12. The summed E-state index contributed by atoms with van der Waals surface area (Å²) in [5.41, 5.74) is 2.72. The maximum Gasteiger partial charge on any atom is 0.264 e. The molecule has 3 aromatic carbocycles.